The summed E-state index contributed by atoms with van der Waals surface area (Å²) in [5, 5.41) is 3.49. The molecule has 1 N–H and O–H groups in total. The summed E-state index contributed by atoms with van der Waals surface area (Å²) < 4.78 is 0. The van der Waals surface area contributed by atoms with E-state index in [1.54, 1.807) is 30.3 Å². The summed E-state index contributed by atoms with van der Waals surface area (Å²) in [6.07, 6.45) is 0.651. The third kappa shape index (κ3) is 4.90. The van der Waals surface area contributed by atoms with Crippen LogP contribution in [-0.2, 0) is 11.3 Å². The maximum Gasteiger partial charge on any atom is 0.261 e. The molecule has 0 spiro atoms. The van der Waals surface area contributed by atoms with Gasteiger partial charge in [0.1, 0.15) is 0 Å². The highest BCUT2D eigenvalue weighted by atomic mass is 35.5. The van der Waals surface area contributed by atoms with E-state index < -0.39 is 0 Å². The van der Waals surface area contributed by atoms with Crippen LogP contribution in [0, 0.1) is 0 Å². The Morgan fingerprint density at radius 3 is 2.41 bits per heavy atom. The highest BCUT2D eigenvalue weighted by molar-refractivity contribution is 7.99. The highest BCUT2D eigenvalue weighted by Crippen LogP contribution is 2.22. The number of hydrogen-bond donors (Lipinski definition) is 1. The van der Waals surface area contributed by atoms with Gasteiger partial charge in [-0.15, -0.1) is 0 Å². The third-order valence-corrected chi connectivity index (χ3v) is 5.44. The first-order valence-electron chi connectivity index (χ1n) is 8.60. The van der Waals surface area contributed by atoms with Gasteiger partial charge < -0.3 is 5.32 Å². The van der Waals surface area contributed by atoms with Crippen molar-refractivity contribution in [2.24, 2.45) is 0 Å². The molecule has 3 amide bonds. The second-order valence-corrected chi connectivity index (χ2v) is 7.66. The number of amides is 3. The van der Waals surface area contributed by atoms with E-state index in [9.17, 15) is 14.4 Å². The molecule has 0 saturated heterocycles. The van der Waals surface area contributed by atoms with Crippen LogP contribution in [0.1, 0.15) is 32.7 Å². The summed E-state index contributed by atoms with van der Waals surface area (Å²) in [5.74, 6) is 0.501. The monoisotopic (exact) mass is 402 g/mol. The average Bonchev–Trinajstić information content (AvgIpc) is 2.91. The molecule has 3 rings (SSSR count). The van der Waals surface area contributed by atoms with Gasteiger partial charge in [0.15, 0.2) is 0 Å². The molecule has 7 heteroatoms. The molecule has 140 valence electrons. The SMILES string of the molecule is O=C(CSCCCN1C(=O)c2ccccc2C1=O)NCc1cccc(Cl)c1. The van der Waals surface area contributed by atoms with Crippen LogP contribution in [0.5, 0.6) is 0 Å². The number of carbonyl (C=O) groups excluding carboxylic acids is 3. The molecule has 1 aliphatic rings. The van der Waals surface area contributed by atoms with Gasteiger partial charge in [-0.3, -0.25) is 19.3 Å². The average molecular weight is 403 g/mol. The van der Waals surface area contributed by atoms with Gasteiger partial charge in [-0.25, -0.2) is 0 Å². The number of rotatable bonds is 8. The molecule has 0 aromatic heterocycles. The number of imide groups is 1. The van der Waals surface area contributed by atoms with Gasteiger partial charge in [0.2, 0.25) is 5.91 Å². The molecule has 5 nitrogen and oxygen atoms in total. The second kappa shape index (κ2) is 9.06. The Balaban J connectivity index is 1.34. The van der Waals surface area contributed by atoms with Crippen LogP contribution in [0.15, 0.2) is 48.5 Å². The van der Waals surface area contributed by atoms with Gasteiger partial charge in [0.05, 0.1) is 16.9 Å². The van der Waals surface area contributed by atoms with Crippen molar-refractivity contribution >= 4 is 41.1 Å². The first-order chi connectivity index (χ1) is 13.1. The topological polar surface area (TPSA) is 66.5 Å². The molecular weight excluding hydrogens is 384 g/mol. The van der Waals surface area contributed by atoms with E-state index in [2.05, 4.69) is 5.32 Å². The Labute approximate surface area is 167 Å². The van der Waals surface area contributed by atoms with Crippen LogP contribution < -0.4 is 5.32 Å². The van der Waals surface area contributed by atoms with Crippen molar-refractivity contribution in [1.82, 2.24) is 10.2 Å². The smallest absolute Gasteiger partial charge is 0.261 e. The maximum absolute atomic E-state index is 12.2. The second-order valence-electron chi connectivity index (χ2n) is 6.12. The van der Waals surface area contributed by atoms with Crippen molar-refractivity contribution in [2.75, 3.05) is 18.1 Å². The molecule has 2 aromatic carbocycles. The number of hydrogen-bond acceptors (Lipinski definition) is 4. The Morgan fingerprint density at radius 2 is 1.74 bits per heavy atom. The molecule has 1 aliphatic heterocycles. The number of fused-ring (bicyclic) bond motifs is 1. The number of nitrogens with zero attached hydrogens (tertiary/aromatic N) is 1. The molecule has 0 bridgehead atoms. The van der Waals surface area contributed by atoms with Crippen LogP contribution in [0.3, 0.4) is 0 Å². The lowest BCUT2D eigenvalue weighted by Crippen LogP contribution is -2.31. The minimum atomic E-state index is -0.236. The van der Waals surface area contributed by atoms with Crippen molar-refractivity contribution in [3.05, 3.63) is 70.2 Å². The Hall–Kier alpha value is -2.31. The standard InChI is InChI=1S/C20H19ClN2O3S/c21-15-6-3-5-14(11-15)12-22-18(24)13-27-10-4-9-23-19(25)16-7-1-2-8-17(16)20(23)26/h1-3,5-8,11H,4,9-10,12-13H2,(H,22,24). The normalized spacial score (nSPS) is 13.0. The van der Waals surface area contributed by atoms with Crippen molar-refractivity contribution in [2.45, 2.75) is 13.0 Å². The van der Waals surface area contributed by atoms with Gasteiger partial charge >= 0.3 is 0 Å². The highest BCUT2D eigenvalue weighted by Gasteiger charge is 2.34. The van der Waals surface area contributed by atoms with Gasteiger partial charge in [0, 0.05) is 18.1 Å². The quantitative estimate of drug-likeness (QED) is 0.543. The third-order valence-electron chi connectivity index (χ3n) is 4.16. The zero-order valence-corrected chi connectivity index (χ0v) is 16.2. The first-order valence-corrected chi connectivity index (χ1v) is 10.1. The summed E-state index contributed by atoms with van der Waals surface area (Å²) >= 11 is 7.40. The number of halogens is 1. The molecule has 0 fully saturated rings. The van der Waals surface area contributed by atoms with Crippen LogP contribution in [-0.4, -0.2) is 40.7 Å². The predicted octanol–water partition coefficient (Wildman–Crippen LogP) is 3.38. The summed E-state index contributed by atoms with van der Waals surface area (Å²) in [6.45, 7) is 0.804. The van der Waals surface area contributed by atoms with Crippen LogP contribution in [0.4, 0.5) is 0 Å². The molecule has 0 unspecified atom stereocenters. The summed E-state index contributed by atoms with van der Waals surface area (Å²) in [7, 11) is 0. The zero-order chi connectivity index (χ0) is 19.2. The lowest BCUT2D eigenvalue weighted by Gasteiger charge is -2.13. The number of thioether (sulfide) groups is 1. The van der Waals surface area contributed by atoms with E-state index in [4.69, 9.17) is 11.6 Å². The van der Waals surface area contributed by atoms with E-state index in [1.165, 1.54) is 16.7 Å². The number of carbonyl (C=O) groups is 3. The van der Waals surface area contributed by atoms with Crippen molar-refractivity contribution in [1.29, 1.82) is 0 Å². The fourth-order valence-electron chi connectivity index (χ4n) is 2.83. The molecule has 0 radical (unpaired) electrons. The van der Waals surface area contributed by atoms with Crippen molar-refractivity contribution in [3.8, 4) is 0 Å². The van der Waals surface area contributed by atoms with E-state index in [1.807, 2.05) is 18.2 Å². The minimum absolute atomic E-state index is 0.0549. The Kier molecular flexibility index (Phi) is 6.53. The fraction of sp³-hybridized carbons (Fsp3) is 0.250. The molecular formula is C20H19ClN2O3S. The van der Waals surface area contributed by atoms with Crippen molar-refractivity contribution in [3.63, 3.8) is 0 Å². The predicted molar refractivity (Wildman–Crippen MR) is 107 cm³/mol. The lowest BCUT2D eigenvalue weighted by atomic mass is 10.1. The van der Waals surface area contributed by atoms with Gasteiger partial charge in [-0.05, 0) is 42.0 Å². The molecule has 27 heavy (non-hydrogen) atoms. The van der Waals surface area contributed by atoms with E-state index >= 15 is 0 Å². The number of nitrogens with one attached hydrogen (secondary N) is 1. The Morgan fingerprint density at radius 1 is 1.04 bits per heavy atom. The van der Waals surface area contributed by atoms with Crippen LogP contribution >= 0.6 is 23.4 Å². The van der Waals surface area contributed by atoms with Gasteiger partial charge in [-0.2, -0.15) is 11.8 Å². The summed E-state index contributed by atoms with van der Waals surface area (Å²) in [6, 6.07) is 14.2. The van der Waals surface area contributed by atoms with Crippen LogP contribution in [0.2, 0.25) is 5.02 Å². The fourth-order valence-corrected chi connectivity index (χ4v) is 3.81. The van der Waals surface area contributed by atoms with E-state index in [0.717, 1.165) is 5.56 Å². The zero-order valence-electron chi connectivity index (χ0n) is 14.6. The van der Waals surface area contributed by atoms with E-state index in [-0.39, 0.29) is 17.7 Å². The van der Waals surface area contributed by atoms with Crippen LogP contribution in [0.25, 0.3) is 0 Å². The molecule has 1 heterocycles. The van der Waals surface area contributed by atoms with Gasteiger partial charge in [-0.1, -0.05) is 35.9 Å². The maximum atomic E-state index is 12.2. The van der Waals surface area contributed by atoms with Crippen molar-refractivity contribution < 1.29 is 14.4 Å². The largest absolute Gasteiger partial charge is 0.351 e. The first kappa shape index (κ1) is 19.5. The summed E-state index contributed by atoms with van der Waals surface area (Å²) in [4.78, 5) is 37.7. The Bertz CT molecular complexity index is 837. The molecule has 2 aromatic rings. The van der Waals surface area contributed by atoms with E-state index in [0.29, 0.717) is 47.2 Å². The van der Waals surface area contributed by atoms with Gasteiger partial charge in [0.25, 0.3) is 11.8 Å². The molecule has 0 saturated carbocycles. The minimum Gasteiger partial charge on any atom is -0.351 e. The number of benzene rings is 2. The lowest BCUT2D eigenvalue weighted by molar-refractivity contribution is -0.118. The molecule has 0 atom stereocenters. The summed E-state index contributed by atoms with van der Waals surface area (Å²) in [5.41, 5.74) is 1.89. The molecule has 0 aliphatic carbocycles.